The summed E-state index contributed by atoms with van der Waals surface area (Å²) in [5, 5.41) is 10.1. The van der Waals surface area contributed by atoms with E-state index in [0.717, 1.165) is 19.4 Å². The average molecular weight is 358 g/mol. The zero-order valence-electron chi connectivity index (χ0n) is 16.8. The number of hydrogen-bond acceptors (Lipinski definition) is 2. The Hall–Kier alpha value is -1.38. The van der Waals surface area contributed by atoms with Crippen molar-refractivity contribution in [2.45, 2.75) is 76.8 Å². The highest BCUT2D eigenvalue weighted by Gasteiger charge is 2.25. The summed E-state index contributed by atoms with van der Waals surface area (Å²) in [5.74, 6) is 0. The standard InChI is InChI=1S/C24H39NO/c1-4-7-8-9-10-11-15-19-23(16-5-2)25(20-6-3)24(21-26)22-17-13-12-14-18-22/h5-6,12-14,17-18,23-24,26H,2-4,7-11,15-16,19-21H2,1H3/t23-,24+/m0/s1. The highest BCUT2D eigenvalue weighted by atomic mass is 16.3. The number of aliphatic hydroxyl groups excluding tert-OH is 1. The Kier molecular flexibility index (Phi) is 12.9. The molecule has 0 amide bonds. The van der Waals surface area contributed by atoms with Gasteiger partial charge in [-0.3, -0.25) is 4.90 Å². The lowest BCUT2D eigenvalue weighted by Crippen LogP contribution is -2.40. The molecule has 0 bridgehead atoms. The van der Waals surface area contributed by atoms with Gasteiger partial charge in [0.2, 0.25) is 0 Å². The second kappa shape index (κ2) is 14.8. The molecule has 0 saturated heterocycles. The van der Waals surface area contributed by atoms with Crippen LogP contribution in [0.1, 0.15) is 76.3 Å². The second-order valence-corrected chi connectivity index (χ2v) is 7.18. The fourth-order valence-corrected chi connectivity index (χ4v) is 3.71. The van der Waals surface area contributed by atoms with E-state index in [1.807, 2.05) is 30.4 Å². The van der Waals surface area contributed by atoms with E-state index in [9.17, 15) is 5.11 Å². The van der Waals surface area contributed by atoms with Gasteiger partial charge in [-0.05, 0) is 18.4 Å². The van der Waals surface area contributed by atoms with Gasteiger partial charge in [0.1, 0.15) is 0 Å². The number of rotatable bonds is 16. The molecule has 2 atom stereocenters. The Balaban J connectivity index is 2.67. The van der Waals surface area contributed by atoms with Crippen LogP contribution < -0.4 is 0 Å². The third-order valence-electron chi connectivity index (χ3n) is 5.15. The molecule has 0 fully saturated rings. The Morgan fingerprint density at radius 1 is 0.962 bits per heavy atom. The molecule has 0 aliphatic heterocycles. The van der Waals surface area contributed by atoms with Gasteiger partial charge in [-0.2, -0.15) is 0 Å². The van der Waals surface area contributed by atoms with Gasteiger partial charge >= 0.3 is 0 Å². The lowest BCUT2D eigenvalue weighted by atomic mass is 9.97. The van der Waals surface area contributed by atoms with Gasteiger partial charge in [-0.25, -0.2) is 0 Å². The number of hydrogen-bond donors (Lipinski definition) is 1. The first-order valence-electron chi connectivity index (χ1n) is 10.4. The van der Waals surface area contributed by atoms with Gasteiger partial charge in [0.15, 0.2) is 0 Å². The maximum Gasteiger partial charge on any atom is 0.0628 e. The van der Waals surface area contributed by atoms with Gasteiger partial charge in [0, 0.05) is 12.6 Å². The van der Waals surface area contributed by atoms with E-state index in [1.54, 1.807) is 0 Å². The largest absolute Gasteiger partial charge is 0.394 e. The lowest BCUT2D eigenvalue weighted by Gasteiger charge is -2.37. The SMILES string of the molecule is C=CC[C@@H](CCCCCCCCC)N(CC=C)[C@H](CO)c1ccccc1. The van der Waals surface area contributed by atoms with Crippen LogP contribution in [-0.2, 0) is 0 Å². The van der Waals surface area contributed by atoms with E-state index in [4.69, 9.17) is 0 Å². The number of unbranched alkanes of at least 4 members (excludes halogenated alkanes) is 6. The predicted molar refractivity (Wildman–Crippen MR) is 114 cm³/mol. The molecule has 1 rings (SSSR count). The van der Waals surface area contributed by atoms with Crippen LogP contribution in [0.5, 0.6) is 0 Å². The zero-order valence-corrected chi connectivity index (χ0v) is 16.8. The zero-order chi connectivity index (χ0) is 19.0. The molecule has 0 heterocycles. The van der Waals surface area contributed by atoms with E-state index in [1.165, 1.54) is 50.5 Å². The molecule has 0 aromatic heterocycles. The molecule has 0 radical (unpaired) electrons. The first kappa shape index (κ1) is 22.7. The van der Waals surface area contributed by atoms with Crippen molar-refractivity contribution in [3.05, 3.63) is 61.2 Å². The van der Waals surface area contributed by atoms with E-state index < -0.39 is 0 Å². The smallest absolute Gasteiger partial charge is 0.0628 e. The van der Waals surface area contributed by atoms with Crippen LogP contribution in [0.25, 0.3) is 0 Å². The van der Waals surface area contributed by atoms with Crippen LogP contribution in [0.4, 0.5) is 0 Å². The molecule has 0 saturated carbocycles. The fourth-order valence-electron chi connectivity index (χ4n) is 3.71. The molecule has 146 valence electrons. The van der Waals surface area contributed by atoms with Gasteiger partial charge in [0.05, 0.1) is 12.6 Å². The molecule has 2 heteroatoms. The first-order valence-corrected chi connectivity index (χ1v) is 10.4. The minimum absolute atomic E-state index is 0.0173. The fraction of sp³-hybridized carbons (Fsp3) is 0.583. The number of benzene rings is 1. The van der Waals surface area contributed by atoms with E-state index >= 15 is 0 Å². The molecule has 0 aliphatic carbocycles. The van der Waals surface area contributed by atoms with Crippen molar-refractivity contribution >= 4 is 0 Å². The van der Waals surface area contributed by atoms with Crippen LogP contribution in [0, 0.1) is 0 Å². The molecule has 0 spiro atoms. The van der Waals surface area contributed by atoms with E-state index in [0.29, 0.717) is 6.04 Å². The average Bonchev–Trinajstić information content (AvgIpc) is 2.67. The molecule has 0 unspecified atom stereocenters. The van der Waals surface area contributed by atoms with Crippen molar-refractivity contribution in [1.29, 1.82) is 0 Å². The number of aliphatic hydroxyl groups is 1. The van der Waals surface area contributed by atoms with Crippen LogP contribution in [0.15, 0.2) is 55.6 Å². The maximum atomic E-state index is 10.1. The summed E-state index contributed by atoms with van der Waals surface area (Å²) in [5.41, 5.74) is 1.17. The van der Waals surface area contributed by atoms with Crippen molar-refractivity contribution < 1.29 is 5.11 Å². The van der Waals surface area contributed by atoms with E-state index in [-0.39, 0.29) is 12.6 Å². The Bertz CT molecular complexity index is 470. The highest BCUT2D eigenvalue weighted by molar-refractivity contribution is 5.19. The topological polar surface area (TPSA) is 23.5 Å². The van der Waals surface area contributed by atoms with Crippen molar-refractivity contribution in [3.8, 4) is 0 Å². The molecule has 1 aromatic rings. The normalized spacial score (nSPS) is 13.5. The molecule has 0 aliphatic rings. The third-order valence-corrected chi connectivity index (χ3v) is 5.15. The minimum atomic E-state index is 0.0173. The Morgan fingerprint density at radius 3 is 2.19 bits per heavy atom. The molecule has 2 nitrogen and oxygen atoms in total. The highest BCUT2D eigenvalue weighted by Crippen LogP contribution is 2.27. The molecule has 1 N–H and O–H groups in total. The van der Waals surface area contributed by atoms with Gasteiger partial charge in [-0.15, -0.1) is 13.2 Å². The van der Waals surface area contributed by atoms with Crippen molar-refractivity contribution in [3.63, 3.8) is 0 Å². The summed E-state index contributed by atoms with van der Waals surface area (Å²) in [4.78, 5) is 2.40. The molecular formula is C24H39NO. The molecule has 26 heavy (non-hydrogen) atoms. The summed E-state index contributed by atoms with van der Waals surface area (Å²) in [6.07, 6.45) is 15.3. The minimum Gasteiger partial charge on any atom is -0.394 e. The van der Waals surface area contributed by atoms with Crippen LogP contribution >= 0.6 is 0 Å². The van der Waals surface area contributed by atoms with E-state index in [2.05, 4.69) is 37.1 Å². The summed E-state index contributed by atoms with van der Waals surface area (Å²) >= 11 is 0. The first-order chi connectivity index (χ1) is 12.8. The van der Waals surface area contributed by atoms with Gasteiger partial charge < -0.3 is 5.11 Å². The van der Waals surface area contributed by atoms with Gasteiger partial charge in [-0.1, -0.05) is 94.4 Å². The van der Waals surface area contributed by atoms with Crippen molar-refractivity contribution in [1.82, 2.24) is 4.90 Å². The van der Waals surface area contributed by atoms with Crippen molar-refractivity contribution in [2.75, 3.05) is 13.2 Å². The van der Waals surface area contributed by atoms with Crippen LogP contribution in [-0.4, -0.2) is 29.2 Å². The summed E-state index contributed by atoms with van der Waals surface area (Å²) in [6, 6.07) is 10.7. The van der Waals surface area contributed by atoms with Gasteiger partial charge in [0.25, 0.3) is 0 Å². The summed E-state index contributed by atoms with van der Waals surface area (Å²) < 4.78 is 0. The monoisotopic (exact) mass is 357 g/mol. The predicted octanol–water partition coefficient (Wildman–Crippen LogP) is 6.29. The summed E-state index contributed by atoms with van der Waals surface area (Å²) in [7, 11) is 0. The maximum absolute atomic E-state index is 10.1. The number of nitrogens with zero attached hydrogens (tertiary/aromatic N) is 1. The summed E-state index contributed by atoms with van der Waals surface area (Å²) in [6.45, 7) is 11.1. The van der Waals surface area contributed by atoms with Crippen LogP contribution in [0.2, 0.25) is 0 Å². The Labute approximate surface area is 161 Å². The lowest BCUT2D eigenvalue weighted by molar-refractivity contribution is 0.0887. The quantitative estimate of drug-likeness (QED) is 0.277. The Morgan fingerprint density at radius 2 is 1.62 bits per heavy atom. The molecular weight excluding hydrogens is 318 g/mol. The van der Waals surface area contributed by atoms with Crippen molar-refractivity contribution in [2.24, 2.45) is 0 Å². The second-order valence-electron chi connectivity index (χ2n) is 7.18. The molecule has 1 aromatic carbocycles. The van der Waals surface area contributed by atoms with Crippen LogP contribution in [0.3, 0.4) is 0 Å². The third kappa shape index (κ3) is 8.33.